The highest BCUT2D eigenvalue weighted by Crippen LogP contribution is 2.35. The van der Waals surface area contributed by atoms with Crippen LogP contribution in [0.1, 0.15) is 22.7 Å². The van der Waals surface area contributed by atoms with E-state index in [1.165, 1.54) is 11.8 Å². The minimum atomic E-state index is -0.269. The lowest BCUT2D eigenvalue weighted by atomic mass is 9.99. The van der Waals surface area contributed by atoms with Crippen molar-refractivity contribution < 1.29 is 14.3 Å². The van der Waals surface area contributed by atoms with Gasteiger partial charge >= 0.3 is 0 Å². The third-order valence-corrected chi connectivity index (χ3v) is 7.40. The Bertz CT molecular complexity index is 1530. The van der Waals surface area contributed by atoms with Crippen molar-refractivity contribution in [3.63, 3.8) is 0 Å². The van der Waals surface area contributed by atoms with Crippen molar-refractivity contribution in [1.82, 2.24) is 20.1 Å². The van der Waals surface area contributed by atoms with Gasteiger partial charge in [0, 0.05) is 11.6 Å². The second-order valence-corrected chi connectivity index (χ2v) is 10.1. The Labute approximate surface area is 238 Å². The molecule has 0 saturated carbocycles. The Morgan fingerprint density at radius 2 is 1.50 bits per heavy atom. The Kier molecular flexibility index (Phi) is 8.47. The molecule has 40 heavy (non-hydrogen) atoms. The van der Waals surface area contributed by atoms with Crippen molar-refractivity contribution in [2.45, 2.75) is 18.1 Å². The zero-order valence-corrected chi connectivity index (χ0v) is 23.4. The van der Waals surface area contributed by atoms with Crippen LogP contribution in [0.3, 0.4) is 0 Å². The van der Waals surface area contributed by atoms with Crippen LogP contribution in [0, 0.1) is 6.92 Å². The van der Waals surface area contributed by atoms with Crippen LogP contribution in [0.5, 0.6) is 11.5 Å². The molecule has 0 spiro atoms. The minimum absolute atomic E-state index is 0.119. The maximum atomic E-state index is 13.3. The number of thioether (sulfide) groups is 1. The number of carbonyl (C=O) groups is 1. The van der Waals surface area contributed by atoms with Gasteiger partial charge in [-0.05, 0) is 30.2 Å². The number of nitrogens with one attached hydrogen (secondary N) is 1. The highest BCUT2D eigenvalue weighted by atomic mass is 32.2. The first-order chi connectivity index (χ1) is 19.6. The summed E-state index contributed by atoms with van der Waals surface area (Å²) < 4.78 is 13.1. The number of amides is 1. The number of nitrogens with zero attached hydrogens (tertiary/aromatic N) is 3. The standard InChI is InChI=1S/C32H30N4O3S/c1-22-14-16-25(17-15-22)31-34-35-32(36(31)27-20-26(38-2)18-19-28(27)39-3)40-21-29(37)33-30(23-10-6-4-7-11-23)24-12-8-5-9-13-24/h4-20,30H,21H2,1-3H3,(H,33,37). The first-order valence-electron chi connectivity index (χ1n) is 12.8. The minimum Gasteiger partial charge on any atom is -0.497 e. The van der Waals surface area contributed by atoms with Crippen LogP contribution in [-0.2, 0) is 4.79 Å². The van der Waals surface area contributed by atoms with Crippen LogP contribution in [0.2, 0.25) is 0 Å². The van der Waals surface area contributed by atoms with E-state index in [4.69, 9.17) is 9.47 Å². The summed E-state index contributed by atoms with van der Waals surface area (Å²) in [6.07, 6.45) is 0. The van der Waals surface area contributed by atoms with Crippen LogP contribution < -0.4 is 14.8 Å². The lowest BCUT2D eigenvalue weighted by molar-refractivity contribution is -0.119. The maximum Gasteiger partial charge on any atom is 0.231 e. The number of hydrogen-bond donors (Lipinski definition) is 1. The van der Waals surface area contributed by atoms with Gasteiger partial charge < -0.3 is 14.8 Å². The molecule has 0 saturated heterocycles. The van der Waals surface area contributed by atoms with Gasteiger partial charge in [-0.1, -0.05) is 102 Å². The van der Waals surface area contributed by atoms with E-state index in [-0.39, 0.29) is 17.7 Å². The molecule has 0 aliphatic carbocycles. The van der Waals surface area contributed by atoms with Gasteiger partial charge in [0.15, 0.2) is 11.0 Å². The quantitative estimate of drug-likeness (QED) is 0.207. The van der Waals surface area contributed by atoms with Crippen molar-refractivity contribution in [3.8, 4) is 28.6 Å². The molecular formula is C32H30N4O3S. The van der Waals surface area contributed by atoms with Crippen molar-refractivity contribution in [2.24, 2.45) is 0 Å². The van der Waals surface area contributed by atoms with Gasteiger partial charge in [0.05, 0.1) is 31.7 Å². The molecule has 0 unspecified atom stereocenters. The smallest absolute Gasteiger partial charge is 0.231 e. The van der Waals surface area contributed by atoms with Gasteiger partial charge in [-0.3, -0.25) is 9.36 Å². The Morgan fingerprint density at radius 3 is 2.10 bits per heavy atom. The Balaban J connectivity index is 1.46. The third kappa shape index (κ3) is 6.02. The molecule has 0 aliphatic rings. The molecule has 0 radical (unpaired) electrons. The Hall–Kier alpha value is -4.56. The summed E-state index contributed by atoms with van der Waals surface area (Å²) in [6.45, 7) is 2.04. The first kappa shape index (κ1) is 27.0. The maximum absolute atomic E-state index is 13.3. The zero-order valence-electron chi connectivity index (χ0n) is 22.6. The molecule has 7 nitrogen and oxygen atoms in total. The summed E-state index contributed by atoms with van der Waals surface area (Å²) in [5.74, 6) is 1.97. The second-order valence-electron chi connectivity index (χ2n) is 9.16. The number of rotatable bonds is 10. The molecular weight excluding hydrogens is 520 g/mol. The van der Waals surface area contributed by atoms with E-state index in [0.29, 0.717) is 22.5 Å². The fourth-order valence-corrected chi connectivity index (χ4v) is 5.18. The lowest BCUT2D eigenvalue weighted by Gasteiger charge is -2.20. The zero-order chi connectivity index (χ0) is 27.9. The molecule has 8 heteroatoms. The van der Waals surface area contributed by atoms with E-state index in [1.807, 2.05) is 115 Å². The molecule has 1 N–H and O–H groups in total. The predicted octanol–water partition coefficient (Wildman–Crippen LogP) is 6.26. The highest BCUT2D eigenvalue weighted by molar-refractivity contribution is 7.99. The highest BCUT2D eigenvalue weighted by Gasteiger charge is 2.22. The SMILES string of the molecule is COc1ccc(OC)c(-n2c(SCC(=O)NC(c3ccccc3)c3ccccc3)nnc2-c2ccc(C)cc2)c1. The van der Waals surface area contributed by atoms with E-state index < -0.39 is 0 Å². The molecule has 0 bridgehead atoms. The van der Waals surface area contributed by atoms with Gasteiger partial charge in [-0.15, -0.1) is 10.2 Å². The number of methoxy groups -OCH3 is 2. The molecule has 1 heterocycles. The first-order valence-corrected chi connectivity index (χ1v) is 13.8. The molecule has 1 amide bonds. The van der Waals surface area contributed by atoms with E-state index in [0.717, 1.165) is 27.9 Å². The normalized spacial score (nSPS) is 10.9. The molecule has 5 rings (SSSR count). The number of hydrogen-bond acceptors (Lipinski definition) is 6. The largest absolute Gasteiger partial charge is 0.497 e. The molecule has 202 valence electrons. The van der Waals surface area contributed by atoms with Crippen molar-refractivity contribution in [3.05, 3.63) is 120 Å². The van der Waals surface area contributed by atoms with Gasteiger partial charge in [-0.25, -0.2) is 0 Å². The van der Waals surface area contributed by atoms with E-state index >= 15 is 0 Å². The van der Waals surface area contributed by atoms with E-state index in [9.17, 15) is 4.79 Å². The number of carbonyl (C=O) groups excluding carboxylic acids is 1. The molecule has 4 aromatic carbocycles. The number of benzene rings is 4. The van der Waals surface area contributed by atoms with E-state index in [2.05, 4.69) is 15.5 Å². The topological polar surface area (TPSA) is 78.3 Å². The Morgan fingerprint density at radius 1 is 0.850 bits per heavy atom. The van der Waals surface area contributed by atoms with Crippen LogP contribution in [0.4, 0.5) is 0 Å². The lowest BCUT2D eigenvalue weighted by Crippen LogP contribution is -2.30. The third-order valence-electron chi connectivity index (χ3n) is 6.47. The van der Waals surface area contributed by atoms with Crippen LogP contribution >= 0.6 is 11.8 Å². The van der Waals surface area contributed by atoms with Crippen LogP contribution in [0.15, 0.2) is 108 Å². The summed E-state index contributed by atoms with van der Waals surface area (Å²) >= 11 is 1.31. The molecule has 0 aliphatic heterocycles. The van der Waals surface area contributed by atoms with Crippen LogP contribution in [-0.4, -0.2) is 40.6 Å². The van der Waals surface area contributed by atoms with Crippen LogP contribution in [0.25, 0.3) is 17.1 Å². The molecule has 0 atom stereocenters. The fourth-order valence-electron chi connectivity index (χ4n) is 4.42. The number of aryl methyl sites for hydroxylation is 1. The van der Waals surface area contributed by atoms with Crippen molar-refractivity contribution >= 4 is 17.7 Å². The van der Waals surface area contributed by atoms with Crippen molar-refractivity contribution in [2.75, 3.05) is 20.0 Å². The monoisotopic (exact) mass is 550 g/mol. The predicted molar refractivity (Wildman–Crippen MR) is 158 cm³/mol. The summed E-state index contributed by atoms with van der Waals surface area (Å²) in [7, 11) is 3.24. The van der Waals surface area contributed by atoms with Gasteiger partial charge in [0.2, 0.25) is 5.91 Å². The van der Waals surface area contributed by atoms with E-state index in [1.54, 1.807) is 14.2 Å². The number of ether oxygens (including phenoxy) is 2. The number of aromatic nitrogens is 3. The van der Waals surface area contributed by atoms with Gasteiger partial charge in [0.1, 0.15) is 11.5 Å². The van der Waals surface area contributed by atoms with Gasteiger partial charge in [-0.2, -0.15) is 0 Å². The summed E-state index contributed by atoms with van der Waals surface area (Å²) in [6, 6.07) is 33.3. The summed E-state index contributed by atoms with van der Waals surface area (Å²) in [4.78, 5) is 13.3. The molecule has 1 aromatic heterocycles. The van der Waals surface area contributed by atoms with Crippen molar-refractivity contribution in [1.29, 1.82) is 0 Å². The summed E-state index contributed by atoms with van der Waals surface area (Å²) in [5, 5.41) is 12.8. The summed E-state index contributed by atoms with van der Waals surface area (Å²) in [5.41, 5.74) is 4.78. The average molecular weight is 551 g/mol. The molecule has 0 fully saturated rings. The second kappa shape index (κ2) is 12.5. The van der Waals surface area contributed by atoms with Gasteiger partial charge in [0.25, 0.3) is 0 Å². The molecule has 5 aromatic rings. The fraction of sp³-hybridized carbons (Fsp3) is 0.156. The average Bonchev–Trinajstić information content (AvgIpc) is 3.43.